The summed E-state index contributed by atoms with van der Waals surface area (Å²) in [6, 6.07) is 6.79. The van der Waals surface area contributed by atoms with Crippen LogP contribution in [-0.4, -0.2) is 17.9 Å². The fourth-order valence-corrected chi connectivity index (χ4v) is 2.65. The van der Waals surface area contributed by atoms with Gasteiger partial charge in [0.2, 0.25) is 0 Å². The van der Waals surface area contributed by atoms with Crippen LogP contribution in [0.2, 0.25) is 5.02 Å². The maximum Gasteiger partial charge on any atom is 0.291 e. The summed E-state index contributed by atoms with van der Waals surface area (Å²) in [5.41, 5.74) is 1.80. The highest BCUT2D eigenvalue weighted by Gasteiger charge is 2.25. The summed E-state index contributed by atoms with van der Waals surface area (Å²) >= 11 is 6.10. The van der Waals surface area contributed by atoms with Crippen molar-refractivity contribution in [1.82, 2.24) is 5.32 Å². The van der Waals surface area contributed by atoms with Crippen LogP contribution in [0.25, 0.3) is 0 Å². The minimum absolute atomic E-state index is 0.222. The van der Waals surface area contributed by atoms with Crippen LogP contribution in [0.1, 0.15) is 52.0 Å². The molecule has 3 rings (SSSR count). The summed E-state index contributed by atoms with van der Waals surface area (Å²) in [7, 11) is 0. The van der Waals surface area contributed by atoms with E-state index in [-0.39, 0.29) is 23.6 Å². The minimum atomic E-state index is -0.353. The Hall–Kier alpha value is -2.27. The van der Waals surface area contributed by atoms with Crippen LogP contribution >= 0.6 is 11.6 Å². The van der Waals surface area contributed by atoms with Gasteiger partial charge in [-0.25, -0.2) is 0 Å². The molecule has 0 spiro atoms. The molecule has 126 valence electrons. The first-order valence-electron chi connectivity index (χ1n) is 7.99. The molecular weight excluding hydrogens is 328 g/mol. The minimum Gasteiger partial charge on any atom is -0.456 e. The predicted octanol–water partition coefficient (Wildman–Crippen LogP) is 3.95. The van der Waals surface area contributed by atoms with Gasteiger partial charge in [-0.3, -0.25) is 9.59 Å². The monoisotopic (exact) mass is 346 g/mol. The molecule has 0 bridgehead atoms. The third-order valence-corrected chi connectivity index (χ3v) is 4.28. The van der Waals surface area contributed by atoms with E-state index < -0.39 is 0 Å². The van der Waals surface area contributed by atoms with Crippen molar-refractivity contribution in [3.05, 3.63) is 51.9 Å². The predicted molar refractivity (Wildman–Crippen MR) is 92.7 cm³/mol. The number of hydrogen-bond donors (Lipinski definition) is 2. The van der Waals surface area contributed by atoms with Gasteiger partial charge in [0.25, 0.3) is 11.8 Å². The van der Waals surface area contributed by atoms with Crippen molar-refractivity contribution in [2.24, 2.45) is 0 Å². The summed E-state index contributed by atoms with van der Waals surface area (Å²) < 4.78 is 5.54. The van der Waals surface area contributed by atoms with Crippen molar-refractivity contribution < 1.29 is 14.0 Å². The van der Waals surface area contributed by atoms with Gasteiger partial charge in [-0.1, -0.05) is 18.5 Å². The summed E-state index contributed by atoms with van der Waals surface area (Å²) in [6.45, 7) is 3.87. The Morgan fingerprint density at radius 3 is 2.62 bits per heavy atom. The van der Waals surface area contributed by atoms with Gasteiger partial charge < -0.3 is 15.1 Å². The number of amides is 2. The lowest BCUT2D eigenvalue weighted by Crippen LogP contribution is -2.25. The Labute approximate surface area is 145 Å². The van der Waals surface area contributed by atoms with Gasteiger partial charge >= 0.3 is 0 Å². The second kappa shape index (κ2) is 6.69. The van der Waals surface area contributed by atoms with Gasteiger partial charge in [-0.15, -0.1) is 0 Å². The zero-order valence-electron chi connectivity index (χ0n) is 13.6. The van der Waals surface area contributed by atoms with Crippen LogP contribution in [0.4, 0.5) is 5.69 Å². The normalized spacial score (nSPS) is 13.6. The van der Waals surface area contributed by atoms with E-state index in [0.29, 0.717) is 16.3 Å². The van der Waals surface area contributed by atoms with Crippen LogP contribution < -0.4 is 10.6 Å². The number of aryl methyl sites for hydroxylation is 2. The Kier molecular flexibility index (Phi) is 4.62. The molecule has 1 saturated carbocycles. The first kappa shape index (κ1) is 16.6. The standard InChI is InChI=1S/C18H19ClN2O3/c1-3-15-10(2)8-16(24-15)18(23)21-12-6-7-14(19)13(9-12)17(22)20-11-4-5-11/h6-9,11H,3-5H2,1-2H3,(H,20,22)(H,21,23). The summed E-state index contributed by atoms with van der Waals surface area (Å²) in [5.74, 6) is 0.471. The Morgan fingerprint density at radius 1 is 1.25 bits per heavy atom. The fraction of sp³-hybridized carbons (Fsp3) is 0.333. The molecule has 24 heavy (non-hydrogen) atoms. The lowest BCUT2D eigenvalue weighted by molar-refractivity contribution is 0.0949. The maximum absolute atomic E-state index is 12.3. The number of rotatable bonds is 5. The summed E-state index contributed by atoms with van der Waals surface area (Å²) in [5, 5.41) is 5.98. The van der Waals surface area contributed by atoms with Gasteiger partial charge in [-0.2, -0.15) is 0 Å². The molecule has 1 fully saturated rings. The average molecular weight is 347 g/mol. The molecule has 1 heterocycles. The van der Waals surface area contributed by atoms with Gasteiger partial charge in [-0.05, 0) is 49.6 Å². The molecule has 2 aromatic rings. The van der Waals surface area contributed by atoms with Crippen LogP contribution in [0, 0.1) is 6.92 Å². The molecule has 1 aromatic carbocycles. The number of carbonyl (C=O) groups is 2. The quantitative estimate of drug-likeness (QED) is 0.861. The third kappa shape index (κ3) is 3.62. The van der Waals surface area contributed by atoms with Gasteiger partial charge in [0, 0.05) is 18.2 Å². The van der Waals surface area contributed by atoms with Crippen LogP contribution in [0.15, 0.2) is 28.7 Å². The molecule has 0 saturated heterocycles. The molecule has 5 nitrogen and oxygen atoms in total. The number of furan rings is 1. The molecule has 0 atom stereocenters. The number of carbonyl (C=O) groups excluding carboxylic acids is 2. The van der Waals surface area contributed by atoms with Crippen molar-refractivity contribution in [3.8, 4) is 0 Å². The van der Waals surface area contributed by atoms with Crippen LogP contribution in [0.5, 0.6) is 0 Å². The molecular formula is C18H19ClN2O3. The largest absolute Gasteiger partial charge is 0.456 e. The zero-order valence-corrected chi connectivity index (χ0v) is 14.4. The molecule has 1 aliphatic rings. The molecule has 0 aliphatic heterocycles. The second-order valence-corrected chi connectivity index (χ2v) is 6.37. The molecule has 1 aromatic heterocycles. The zero-order chi connectivity index (χ0) is 17.3. The maximum atomic E-state index is 12.3. The van der Waals surface area contributed by atoms with E-state index >= 15 is 0 Å². The van der Waals surface area contributed by atoms with Crippen LogP contribution in [0.3, 0.4) is 0 Å². The number of hydrogen-bond acceptors (Lipinski definition) is 3. The van der Waals surface area contributed by atoms with Crippen molar-refractivity contribution in [1.29, 1.82) is 0 Å². The van der Waals surface area contributed by atoms with Gasteiger partial charge in [0.15, 0.2) is 5.76 Å². The third-order valence-electron chi connectivity index (χ3n) is 3.95. The van der Waals surface area contributed by atoms with Crippen molar-refractivity contribution in [2.75, 3.05) is 5.32 Å². The van der Waals surface area contributed by atoms with Gasteiger partial charge in [0.05, 0.1) is 10.6 Å². The highest BCUT2D eigenvalue weighted by atomic mass is 35.5. The van der Waals surface area contributed by atoms with E-state index in [0.717, 1.165) is 30.6 Å². The highest BCUT2D eigenvalue weighted by molar-refractivity contribution is 6.34. The molecule has 2 N–H and O–H groups in total. The first-order chi connectivity index (χ1) is 11.5. The van der Waals surface area contributed by atoms with E-state index in [1.54, 1.807) is 24.3 Å². The topological polar surface area (TPSA) is 71.3 Å². The van der Waals surface area contributed by atoms with Crippen molar-refractivity contribution >= 4 is 29.1 Å². The fourth-order valence-electron chi connectivity index (χ4n) is 2.44. The molecule has 1 aliphatic carbocycles. The number of benzene rings is 1. The number of nitrogens with one attached hydrogen (secondary N) is 2. The lowest BCUT2D eigenvalue weighted by atomic mass is 10.1. The van der Waals surface area contributed by atoms with E-state index in [9.17, 15) is 9.59 Å². The van der Waals surface area contributed by atoms with E-state index in [1.165, 1.54) is 0 Å². The Bertz CT molecular complexity index is 794. The number of anilines is 1. The average Bonchev–Trinajstić information content (AvgIpc) is 3.28. The van der Waals surface area contributed by atoms with Crippen molar-refractivity contribution in [2.45, 2.75) is 39.2 Å². The Balaban J connectivity index is 1.76. The highest BCUT2D eigenvalue weighted by Crippen LogP contribution is 2.24. The SMILES string of the molecule is CCc1oc(C(=O)Nc2ccc(Cl)c(C(=O)NC3CC3)c2)cc1C. The van der Waals surface area contributed by atoms with E-state index in [2.05, 4.69) is 10.6 Å². The second-order valence-electron chi connectivity index (χ2n) is 5.97. The van der Waals surface area contributed by atoms with E-state index in [1.807, 2.05) is 13.8 Å². The molecule has 6 heteroatoms. The number of halogens is 1. The van der Waals surface area contributed by atoms with Gasteiger partial charge in [0.1, 0.15) is 5.76 Å². The smallest absolute Gasteiger partial charge is 0.291 e. The Morgan fingerprint density at radius 2 is 2.00 bits per heavy atom. The first-order valence-corrected chi connectivity index (χ1v) is 8.36. The van der Waals surface area contributed by atoms with Crippen molar-refractivity contribution in [3.63, 3.8) is 0 Å². The lowest BCUT2D eigenvalue weighted by Gasteiger charge is -2.09. The van der Waals surface area contributed by atoms with Crippen LogP contribution in [-0.2, 0) is 6.42 Å². The van der Waals surface area contributed by atoms with E-state index in [4.69, 9.17) is 16.0 Å². The molecule has 0 unspecified atom stereocenters. The summed E-state index contributed by atoms with van der Waals surface area (Å²) in [4.78, 5) is 24.5. The molecule has 0 radical (unpaired) electrons. The molecule has 2 amide bonds. The summed E-state index contributed by atoms with van der Waals surface area (Å²) in [6.07, 6.45) is 2.72.